The van der Waals surface area contributed by atoms with E-state index in [0.717, 1.165) is 18.4 Å². The molecule has 2 aromatic carbocycles. The topological polar surface area (TPSA) is 80.1 Å². The van der Waals surface area contributed by atoms with Crippen LogP contribution in [-0.2, 0) is 16.1 Å². The van der Waals surface area contributed by atoms with Crippen molar-refractivity contribution in [3.05, 3.63) is 59.9 Å². The minimum absolute atomic E-state index is 0.0786. The summed E-state index contributed by atoms with van der Waals surface area (Å²) in [5.74, 6) is -1.21. The molecule has 1 heterocycles. The van der Waals surface area contributed by atoms with E-state index in [2.05, 4.69) is 15.6 Å². The van der Waals surface area contributed by atoms with Crippen molar-refractivity contribution in [1.29, 1.82) is 0 Å². The number of amides is 2. The van der Waals surface area contributed by atoms with Gasteiger partial charge in [-0.3, -0.25) is 9.59 Å². The molecule has 0 aliphatic heterocycles. The molecule has 0 saturated heterocycles. The van der Waals surface area contributed by atoms with Gasteiger partial charge in [-0.1, -0.05) is 35.5 Å². The van der Waals surface area contributed by atoms with Crippen molar-refractivity contribution in [1.82, 2.24) is 25.2 Å². The van der Waals surface area contributed by atoms with Crippen LogP contribution < -0.4 is 5.32 Å². The molecule has 2 amide bonds. The zero-order valence-corrected chi connectivity index (χ0v) is 17.9. The zero-order valence-electron chi connectivity index (χ0n) is 17.9. The average Bonchev–Trinajstić information content (AvgIpc) is 3.46. The van der Waals surface area contributed by atoms with E-state index in [1.54, 1.807) is 18.2 Å². The summed E-state index contributed by atoms with van der Waals surface area (Å²) in [5, 5.41) is 11.1. The number of fused-ring (bicyclic) bond motifs is 1. The van der Waals surface area contributed by atoms with E-state index < -0.39 is 23.3 Å². The van der Waals surface area contributed by atoms with Crippen molar-refractivity contribution in [2.75, 3.05) is 0 Å². The molecule has 8 heteroatoms. The van der Waals surface area contributed by atoms with Gasteiger partial charge in [0.15, 0.2) is 0 Å². The molecule has 0 radical (unpaired) electrons. The Labute approximate surface area is 180 Å². The first-order chi connectivity index (χ1) is 14.7. The Balaban J connectivity index is 1.70. The second kappa shape index (κ2) is 8.09. The van der Waals surface area contributed by atoms with Gasteiger partial charge in [0, 0.05) is 17.1 Å². The van der Waals surface area contributed by atoms with E-state index >= 15 is 0 Å². The Morgan fingerprint density at radius 1 is 1.16 bits per heavy atom. The van der Waals surface area contributed by atoms with Crippen LogP contribution in [0.4, 0.5) is 4.39 Å². The van der Waals surface area contributed by atoms with Gasteiger partial charge in [0.1, 0.15) is 23.9 Å². The van der Waals surface area contributed by atoms with Crippen LogP contribution in [-0.4, -0.2) is 43.3 Å². The number of halogens is 1. The van der Waals surface area contributed by atoms with Gasteiger partial charge in [0.25, 0.3) is 0 Å². The summed E-state index contributed by atoms with van der Waals surface area (Å²) in [6.45, 7) is 5.49. The summed E-state index contributed by atoms with van der Waals surface area (Å²) in [6, 6.07) is 12.3. The number of rotatable bonds is 6. The number of hydrogen-bond acceptors (Lipinski definition) is 4. The lowest BCUT2D eigenvalue weighted by molar-refractivity contribution is -0.143. The van der Waals surface area contributed by atoms with Gasteiger partial charge in [-0.25, -0.2) is 9.07 Å². The third kappa shape index (κ3) is 4.57. The molecule has 7 nitrogen and oxygen atoms in total. The number of hydrogen-bond donors (Lipinski definition) is 1. The number of nitrogens with one attached hydrogen (secondary N) is 1. The smallest absolute Gasteiger partial charge is 0.247 e. The minimum atomic E-state index is -1.06. The molecule has 1 aliphatic carbocycles. The number of para-hydroxylation sites is 1. The molecule has 0 unspecified atom stereocenters. The molecule has 1 saturated carbocycles. The Bertz CT molecular complexity index is 1120. The first-order valence-corrected chi connectivity index (χ1v) is 10.4. The second-order valence-electron chi connectivity index (χ2n) is 8.93. The van der Waals surface area contributed by atoms with E-state index in [9.17, 15) is 14.0 Å². The lowest BCUT2D eigenvalue weighted by Gasteiger charge is -2.34. The summed E-state index contributed by atoms with van der Waals surface area (Å²) in [5.41, 5.74) is 1.08. The lowest BCUT2D eigenvalue weighted by atomic mass is 10.0. The summed E-state index contributed by atoms with van der Waals surface area (Å²) < 4.78 is 16.3. The number of carbonyl (C=O) groups is 2. The fraction of sp³-hybridized carbons (Fsp3) is 0.391. The average molecular weight is 423 g/mol. The summed E-state index contributed by atoms with van der Waals surface area (Å²) in [6.07, 6.45) is 1.55. The number of nitrogens with zero attached hydrogens (tertiary/aromatic N) is 4. The van der Waals surface area contributed by atoms with Gasteiger partial charge in [-0.2, -0.15) is 0 Å². The normalized spacial score (nSPS) is 15.0. The molecule has 0 bridgehead atoms. The van der Waals surface area contributed by atoms with E-state index in [-0.39, 0.29) is 24.1 Å². The Hall–Kier alpha value is -3.29. The third-order valence-corrected chi connectivity index (χ3v) is 5.16. The van der Waals surface area contributed by atoms with E-state index in [0.29, 0.717) is 5.52 Å². The predicted molar refractivity (Wildman–Crippen MR) is 114 cm³/mol. The molecule has 1 aromatic heterocycles. The molecule has 162 valence electrons. The highest BCUT2D eigenvalue weighted by Gasteiger charge is 2.43. The molecular weight excluding hydrogens is 397 g/mol. The molecule has 4 rings (SSSR count). The maximum atomic E-state index is 14.8. The van der Waals surface area contributed by atoms with E-state index in [4.69, 9.17) is 0 Å². The summed E-state index contributed by atoms with van der Waals surface area (Å²) in [4.78, 5) is 28.3. The van der Waals surface area contributed by atoms with Crippen molar-refractivity contribution >= 4 is 22.8 Å². The zero-order chi connectivity index (χ0) is 22.2. The minimum Gasteiger partial charge on any atom is -0.349 e. The second-order valence-corrected chi connectivity index (χ2v) is 8.93. The van der Waals surface area contributed by atoms with Gasteiger partial charge in [-0.05, 0) is 51.8 Å². The van der Waals surface area contributed by atoms with Gasteiger partial charge in [0.2, 0.25) is 11.8 Å². The fourth-order valence-corrected chi connectivity index (χ4v) is 3.71. The van der Waals surface area contributed by atoms with Crippen molar-refractivity contribution in [3.63, 3.8) is 0 Å². The van der Waals surface area contributed by atoms with Crippen LogP contribution in [0.15, 0.2) is 48.5 Å². The Morgan fingerprint density at radius 2 is 1.84 bits per heavy atom. The molecule has 0 spiro atoms. The lowest BCUT2D eigenvalue weighted by Crippen LogP contribution is -2.50. The highest BCUT2D eigenvalue weighted by molar-refractivity contribution is 5.90. The van der Waals surface area contributed by atoms with Crippen molar-refractivity contribution in [3.8, 4) is 0 Å². The van der Waals surface area contributed by atoms with Gasteiger partial charge in [0.05, 0.1) is 5.52 Å². The molecule has 1 fully saturated rings. The maximum absolute atomic E-state index is 14.8. The number of carbonyl (C=O) groups excluding carboxylic acids is 2. The van der Waals surface area contributed by atoms with E-state index in [1.807, 2.05) is 45.0 Å². The highest BCUT2D eigenvalue weighted by Crippen LogP contribution is 2.36. The molecule has 1 N–H and O–H groups in total. The van der Waals surface area contributed by atoms with Gasteiger partial charge >= 0.3 is 0 Å². The SMILES string of the molecule is CC(C)(C)NC(=O)[C@@H](c1ccccc1F)N(C(=O)Cn1nnc2ccccc21)C1CC1. The summed E-state index contributed by atoms with van der Waals surface area (Å²) >= 11 is 0. The highest BCUT2D eigenvalue weighted by atomic mass is 19.1. The first kappa shape index (κ1) is 21.0. The number of benzene rings is 2. The van der Waals surface area contributed by atoms with Crippen LogP contribution in [0.3, 0.4) is 0 Å². The first-order valence-electron chi connectivity index (χ1n) is 10.4. The van der Waals surface area contributed by atoms with E-state index in [1.165, 1.54) is 15.6 Å². The monoisotopic (exact) mass is 423 g/mol. The molecule has 1 aliphatic rings. The Morgan fingerprint density at radius 3 is 2.52 bits per heavy atom. The quantitative estimate of drug-likeness (QED) is 0.660. The van der Waals surface area contributed by atoms with Crippen molar-refractivity contribution < 1.29 is 14.0 Å². The Kier molecular flexibility index (Phi) is 5.47. The van der Waals surface area contributed by atoms with Crippen molar-refractivity contribution in [2.24, 2.45) is 0 Å². The molecule has 31 heavy (non-hydrogen) atoms. The molecule has 3 aromatic rings. The fourth-order valence-electron chi connectivity index (χ4n) is 3.71. The largest absolute Gasteiger partial charge is 0.349 e. The van der Waals surface area contributed by atoms with Crippen LogP contribution >= 0.6 is 0 Å². The van der Waals surface area contributed by atoms with Crippen LogP contribution in [0.5, 0.6) is 0 Å². The van der Waals surface area contributed by atoms with Gasteiger partial charge < -0.3 is 10.2 Å². The molecule has 1 atom stereocenters. The maximum Gasteiger partial charge on any atom is 0.247 e. The standard InChI is InChI=1S/C23H26FN5O2/c1-23(2,3)25-22(31)21(16-8-4-5-9-17(16)24)29(15-12-13-15)20(30)14-28-19-11-7-6-10-18(19)26-27-28/h4-11,15,21H,12-14H2,1-3H3,(H,25,31)/t21-/m1/s1. The predicted octanol–water partition coefficient (Wildman–Crippen LogP) is 3.22. The van der Waals surface area contributed by atoms with Crippen molar-refractivity contribution in [2.45, 2.75) is 57.8 Å². The van der Waals surface area contributed by atoms with Crippen LogP contribution in [0, 0.1) is 5.82 Å². The van der Waals surface area contributed by atoms with Crippen LogP contribution in [0.1, 0.15) is 45.2 Å². The molecular formula is C23H26FN5O2. The van der Waals surface area contributed by atoms with Gasteiger partial charge in [-0.15, -0.1) is 5.10 Å². The third-order valence-electron chi connectivity index (χ3n) is 5.16. The number of aromatic nitrogens is 3. The summed E-state index contributed by atoms with van der Waals surface area (Å²) in [7, 11) is 0. The van der Waals surface area contributed by atoms with Crippen LogP contribution in [0.2, 0.25) is 0 Å². The van der Waals surface area contributed by atoms with Crippen LogP contribution in [0.25, 0.3) is 11.0 Å².